The van der Waals surface area contributed by atoms with Gasteiger partial charge in [0.2, 0.25) is 5.91 Å². The average molecular weight is 491 g/mol. The minimum absolute atomic E-state index is 0.0942. The Labute approximate surface area is 200 Å². The summed E-state index contributed by atoms with van der Waals surface area (Å²) in [6.45, 7) is 3.69. The van der Waals surface area contributed by atoms with Gasteiger partial charge in [-0.3, -0.25) is 9.59 Å². The van der Waals surface area contributed by atoms with E-state index in [-0.39, 0.29) is 16.8 Å². The van der Waals surface area contributed by atoms with Crippen molar-refractivity contribution in [2.75, 3.05) is 24.2 Å². The SMILES string of the molecule is CCN(CC)C(=O)c1cccc(NC(=O)CSc2ncc(-c3ccccc3)n2CC(F)(F)F)c1. The average Bonchev–Trinajstić information content (AvgIpc) is 3.20. The maximum Gasteiger partial charge on any atom is 0.406 e. The maximum absolute atomic E-state index is 13.2. The van der Waals surface area contributed by atoms with Gasteiger partial charge in [-0.15, -0.1) is 0 Å². The number of imidazole rings is 1. The normalized spacial score (nSPS) is 11.3. The van der Waals surface area contributed by atoms with E-state index in [1.165, 1.54) is 6.20 Å². The summed E-state index contributed by atoms with van der Waals surface area (Å²) in [5.41, 5.74) is 1.81. The highest BCUT2D eigenvalue weighted by Crippen LogP contribution is 2.30. The summed E-state index contributed by atoms with van der Waals surface area (Å²) in [5, 5.41) is 2.79. The van der Waals surface area contributed by atoms with E-state index in [9.17, 15) is 22.8 Å². The van der Waals surface area contributed by atoms with Crippen LogP contribution in [0.4, 0.5) is 18.9 Å². The Kier molecular flexibility index (Phi) is 8.38. The molecule has 0 aliphatic carbocycles. The van der Waals surface area contributed by atoms with Crippen molar-refractivity contribution in [3.63, 3.8) is 0 Å². The van der Waals surface area contributed by atoms with Crippen molar-refractivity contribution in [1.82, 2.24) is 14.5 Å². The Morgan fingerprint density at radius 3 is 2.41 bits per heavy atom. The summed E-state index contributed by atoms with van der Waals surface area (Å²) >= 11 is 0.918. The number of halogens is 3. The predicted octanol–water partition coefficient (Wildman–Crippen LogP) is 5.33. The summed E-state index contributed by atoms with van der Waals surface area (Å²) in [6.07, 6.45) is -3.07. The third-order valence-electron chi connectivity index (χ3n) is 5.00. The molecule has 1 aromatic heterocycles. The van der Waals surface area contributed by atoms with E-state index in [0.29, 0.717) is 35.6 Å². The summed E-state index contributed by atoms with van der Waals surface area (Å²) < 4.78 is 40.7. The van der Waals surface area contributed by atoms with Gasteiger partial charge in [-0.05, 0) is 37.6 Å². The number of nitrogens with one attached hydrogen (secondary N) is 1. The number of amides is 2. The summed E-state index contributed by atoms with van der Waals surface area (Å²) in [4.78, 5) is 30.8. The molecule has 0 radical (unpaired) electrons. The number of hydrogen-bond acceptors (Lipinski definition) is 4. The highest BCUT2D eigenvalue weighted by Gasteiger charge is 2.31. The fourth-order valence-electron chi connectivity index (χ4n) is 3.40. The number of nitrogens with zero attached hydrogens (tertiary/aromatic N) is 3. The van der Waals surface area contributed by atoms with Gasteiger partial charge in [0.15, 0.2) is 5.16 Å². The van der Waals surface area contributed by atoms with Crippen LogP contribution in [0.2, 0.25) is 0 Å². The summed E-state index contributed by atoms with van der Waals surface area (Å²) in [6, 6.07) is 15.2. The molecule has 0 unspecified atom stereocenters. The zero-order valence-electron chi connectivity index (χ0n) is 18.8. The van der Waals surface area contributed by atoms with E-state index in [1.807, 2.05) is 13.8 Å². The number of alkyl halides is 3. The lowest BCUT2D eigenvalue weighted by Gasteiger charge is -2.19. The van der Waals surface area contributed by atoms with Crippen molar-refractivity contribution in [2.24, 2.45) is 0 Å². The molecule has 0 bridgehead atoms. The molecule has 1 N–H and O–H groups in total. The van der Waals surface area contributed by atoms with Gasteiger partial charge in [-0.25, -0.2) is 4.98 Å². The molecule has 3 aromatic rings. The van der Waals surface area contributed by atoms with Crippen molar-refractivity contribution in [3.05, 3.63) is 66.4 Å². The van der Waals surface area contributed by atoms with E-state index in [1.54, 1.807) is 59.5 Å². The maximum atomic E-state index is 13.2. The van der Waals surface area contributed by atoms with Crippen LogP contribution in [0, 0.1) is 0 Å². The molecule has 34 heavy (non-hydrogen) atoms. The van der Waals surface area contributed by atoms with Gasteiger partial charge in [-0.2, -0.15) is 13.2 Å². The first-order valence-electron chi connectivity index (χ1n) is 10.7. The fourth-order valence-corrected chi connectivity index (χ4v) is 4.17. The van der Waals surface area contributed by atoms with E-state index in [0.717, 1.165) is 16.3 Å². The number of rotatable bonds is 9. The lowest BCUT2D eigenvalue weighted by Crippen LogP contribution is -2.30. The molecule has 0 atom stereocenters. The third-order valence-corrected chi connectivity index (χ3v) is 5.99. The zero-order chi connectivity index (χ0) is 24.7. The lowest BCUT2D eigenvalue weighted by molar-refractivity contribution is -0.141. The number of anilines is 1. The molecule has 0 saturated carbocycles. The molecular weight excluding hydrogens is 465 g/mol. The molecule has 10 heteroatoms. The van der Waals surface area contributed by atoms with Crippen LogP contribution in [-0.2, 0) is 11.3 Å². The summed E-state index contributed by atoms with van der Waals surface area (Å²) in [5.74, 6) is -0.699. The lowest BCUT2D eigenvalue weighted by atomic mass is 10.1. The van der Waals surface area contributed by atoms with Gasteiger partial charge in [0, 0.05) is 24.3 Å². The molecule has 0 saturated heterocycles. The Morgan fingerprint density at radius 1 is 1.06 bits per heavy atom. The van der Waals surface area contributed by atoms with Crippen molar-refractivity contribution in [2.45, 2.75) is 31.7 Å². The van der Waals surface area contributed by atoms with Crippen LogP contribution in [0.15, 0.2) is 66.0 Å². The zero-order valence-corrected chi connectivity index (χ0v) is 19.6. The van der Waals surface area contributed by atoms with Crippen LogP contribution in [0.25, 0.3) is 11.3 Å². The van der Waals surface area contributed by atoms with Gasteiger partial charge in [0.1, 0.15) is 6.54 Å². The second-order valence-corrected chi connectivity index (χ2v) is 8.33. The van der Waals surface area contributed by atoms with Crippen LogP contribution >= 0.6 is 11.8 Å². The molecule has 180 valence electrons. The van der Waals surface area contributed by atoms with E-state index in [2.05, 4.69) is 10.3 Å². The van der Waals surface area contributed by atoms with E-state index < -0.39 is 18.6 Å². The predicted molar refractivity (Wildman–Crippen MR) is 127 cm³/mol. The van der Waals surface area contributed by atoms with Gasteiger partial charge < -0.3 is 14.8 Å². The van der Waals surface area contributed by atoms with Gasteiger partial charge >= 0.3 is 6.18 Å². The Morgan fingerprint density at radius 2 is 1.76 bits per heavy atom. The second kappa shape index (κ2) is 11.2. The molecule has 6 nitrogen and oxygen atoms in total. The molecule has 0 fully saturated rings. The highest BCUT2D eigenvalue weighted by atomic mass is 32.2. The quantitative estimate of drug-likeness (QED) is 0.412. The fraction of sp³-hybridized carbons (Fsp3) is 0.292. The molecule has 0 aliphatic rings. The Balaban J connectivity index is 1.71. The first-order chi connectivity index (χ1) is 16.2. The largest absolute Gasteiger partial charge is 0.406 e. The van der Waals surface area contributed by atoms with Crippen LogP contribution in [0.1, 0.15) is 24.2 Å². The van der Waals surface area contributed by atoms with Gasteiger partial charge in [-0.1, -0.05) is 48.2 Å². The van der Waals surface area contributed by atoms with Crippen LogP contribution in [-0.4, -0.2) is 51.3 Å². The van der Waals surface area contributed by atoms with Crippen molar-refractivity contribution in [3.8, 4) is 11.3 Å². The van der Waals surface area contributed by atoms with E-state index in [4.69, 9.17) is 0 Å². The molecule has 2 amide bonds. The van der Waals surface area contributed by atoms with Crippen LogP contribution in [0.5, 0.6) is 0 Å². The molecule has 2 aromatic carbocycles. The standard InChI is InChI=1S/C24H25F3N4O2S/c1-3-30(4-2)22(33)18-11-8-12-19(13-18)29-21(32)15-34-23-28-14-20(17-9-6-5-7-10-17)31(23)16-24(25,26)27/h5-14H,3-4,15-16H2,1-2H3,(H,29,32). The number of carbonyl (C=O) groups is 2. The first-order valence-corrected chi connectivity index (χ1v) is 11.7. The molecule has 0 aliphatic heterocycles. The second-order valence-electron chi connectivity index (χ2n) is 7.39. The molecule has 3 rings (SSSR count). The Bertz CT molecular complexity index is 1130. The van der Waals surface area contributed by atoms with E-state index >= 15 is 0 Å². The third kappa shape index (κ3) is 6.63. The minimum Gasteiger partial charge on any atom is -0.339 e. The first kappa shape index (κ1) is 25.4. The number of thioether (sulfide) groups is 1. The molecular formula is C24H25F3N4O2S. The number of benzene rings is 2. The number of aromatic nitrogens is 2. The highest BCUT2D eigenvalue weighted by molar-refractivity contribution is 7.99. The smallest absolute Gasteiger partial charge is 0.339 e. The minimum atomic E-state index is -4.44. The molecule has 0 spiro atoms. The molecule has 1 heterocycles. The number of carbonyl (C=O) groups excluding carboxylic acids is 2. The van der Waals surface area contributed by atoms with Crippen molar-refractivity contribution < 1.29 is 22.8 Å². The van der Waals surface area contributed by atoms with Gasteiger partial charge in [0.05, 0.1) is 17.6 Å². The van der Waals surface area contributed by atoms with Crippen molar-refractivity contribution in [1.29, 1.82) is 0 Å². The Hall–Kier alpha value is -3.27. The topological polar surface area (TPSA) is 67.2 Å². The van der Waals surface area contributed by atoms with Crippen molar-refractivity contribution >= 4 is 29.3 Å². The summed E-state index contributed by atoms with van der Waals surface area (Å²) in [7, 11) is 0. The van der Waals surface area contributed by atoms with Gasteiger partial charge in [0.25, 0.3) is 5.91 Å². The van der Waals surface area contributed by atoms with Crippen LogP contribution in [0.3, 0.4) is 0 Å². The van der Waals surface area contributed by atoms with Crippen LogP contribution < -0.4 is 5.32 Å². The number of hydrogen-bond donors (Lipinski definition) is 1. The monoisotopic (exact) mass is 490 g/mol.